The zero-order chi connectivity index (χ0) is 16.1. The molecule has 2 aromatic carbocycles. The standard InChI is InChI=1S/C20H23NOS/c1-16-7-5-6-10-18(16)19(17-8-3-2-4-9-17)15-20(22)21-11-13-23-14-12-21/h2-10,19H,11-15H2,1H3. The average Bonchev–Trinajstić information content (AvgIpc) is 2.62. The van der Waals surface area contributed by atoms with E-state index >= 15 is 0 Å². The second-order valence-corrected chi connectivity index (χ2v) is 7.24. The number of amides is 1. The van der Waals surface area contributed by atoms with Crippen molar-refractivity contribution in [3.8, 4) is 0 Å². The molecule has 1 unspecified atom stereocenters. The number of carbonyl (C=O) groups is 1. The minimum absolute atomic E-state index is 0.138. The highest BCUT2D eigenvalue weighted by Crippen LogP contribution is 2.31. The quantitative estimate of drug-likeness (QED) is 0.844. The molecule has 0 aliphatic carbocycles. The van der Waals surface area contributed by atoms with Crippen LogP contribution in [0.15, 0.2) is 54.6 Å². The first-order valence-corrected chi connectivity index (χ1v) is 9.37. The van der Waals surface area contributed by atoms with Crippen molar-refractivity contribution in [1.82, 2.24) is 4.90 Å². The van der Waals surface area contributed by atoms with Gasteiger partial charge in [-0.2, -0.15) is 11.8 Å². The summed E-state index contributed by atoms with van der Waals surface area (Å²) < 4.78 is 0. The zero-order valence-corrected chi connectivity index (χ0v) is 14.4. The van der Waals surface area contributed by atoms with Crippen molar-refractivity contribution in [2.45, 2.75) is 19.3 Å². The van der Waals surface area contributed by atoms with Crippen LogP contribution in [0.4, 0.5) is 0 Å². The highest BCUT2D eigenvalue weighted by atomic mass is 32.2. The first-order valence-electron chi connectivity index (χ1n) is 8.21. The van der Waals surface area contributed by atoms with E-state index in [4.69, 9.17) is 0 Å². The normalized spacial score (nSPS) is 16.1. The molecule has 0 bridgehead atoms. The number of thioether (sulfide) groups is 1. The molecular formula is C20H23NOS. The van der Waals surface area contributed by atoms with E-state index in [0.717, 1.165) is 24.6 Å². The van der Waals surface area contributed by atoms with Crippen molar-refractivity contribution in [3.05, 3.63) is 71.3 Å². The number of hydrogen-bond donors (Lipinski definition) is 0. The molecule has 0 saturated carbocycles. The van der Waals surface area contributed by atoms with Crippen LogP contribution in [0.25, 0.3) is 0 Å². The summed E-state index contributed by atoms with van der Waals surface area (Å²) in [6, 6.07) is 18.8. The van der Waals surface area contributed by atoms with Crippen LogP contribution in [0.1, 0.15) is 29.0 Å². The maximum atomic E-state index is 12.8. The molecule has 2 nitrogen and oxygen atoms in total. The van der Waals surface area contributed by atoms with Gasteiger partial charge in [0, 0.05) is 36.9 Å². The highest BCUT2D eigenvalue weighted by Gasteiger charge is 2.24. The van der Waals surface area contributed by atoms with Crippen molar-refractivity contribution >= 4 is 17.7 Å². The van der Waals surface area contributed by atoms with E-state index in [1.165, 1.54) is 16.7 Å². The maximum absolute atomic E-state index is 12.8. The molecule has 1 aliphatic rings. The van der Waals surface area contributed by atoms with Crippen LogP contribution in [-0.4, -0.2) is 35.4 Å². The van der Waals surface area contributed by atoms with Crippen molar-refractivity contribution in [1.29, 1.82) is 0 Å². The van der Waals surface area contributed by atoms with Crippen molar-refractivity contribution in [2.24, 2.45) is 0 Å². The second kappa shape index (κ2) is 7.69. The molecule has 1 heterocycles. The summed E-state index contributed by atoms with van der Waals surface area (Å²) in [6.07, 6.45) is 0.555. The Kier molecular flexibility index (Phi) is 5.39. The molecule has 1 fully saturated rings. The molecule has 0 spiro atoms. The van der Waals surface area contributed by atoms with Gasteiger partial charge in [0.2, 0.25) is 5.91 Å². The Morgan fingerprint density at radius 3 is 2.39 bits per heavy atom. The monoisotopic (exact) mass is 325 g/mol. The zero-order valence-electron chi connectivity index (χ0n) is 13.6. The molecule has 2 aromatic rings. The first kappa shape index (κ1) is 16.1. The molecule has 0 radical (unpaired) electrons. The molecule has 0 aromatic heterocycles. The van der Waals surface area contributed by atoms with E-state index in [1.54, 1.807) is 0 Å². The molecule has 1 saturated heterocycles. The Labute approximate surface area is 142 Å². The lowest BCUT2D eigenvalue weighted by Crippen LogP contribution is -2.38. The molecule has 3 heteroatoms. The van der Waals surface area contributed by atoms with E-state index in [0.29, 0.717) is 6.42 Å². The van der Waals surface area contributed by atoms with E-state index < -0.39 is 0 Å². The van der Waals surface area contributed by atoms with Gasteiger partial charge in [-0.05, 0) is 23.6 Å². The summed E-state index contributed by atoms with van der Waals surface area (Å²) in [5.74, 6) is 2.54. The number of nitrogens with zero attached hydrogens (tertiary/aromatic N) is 1. The van der Waals surface area contributed by atoms with Gasteiger partial charge >= 0.3 is 0 Å². The lowest BCUT2D eigenvalue weighted by atomic mass is 9.85. The van der Waals surface area contributed by atoms with E-state index in [9.17, 15) is 4.79 Å². The third-order valence-electron chi connectivity index (χ3n) is 4.51. The van der Waals surface area contributed by atoms with E-state index in [2.05, 4.69) is 55.5 Å². The van der Waals surface area contributed by atoms with Crippen LogP contribution in [0.5, 0.6) is 0 Å². The topological polar surface area (TPSA) is 20.3 Å². The first-order chi connectivity index (χ1) is 11.3. The van der Waals surface area contributed by atoms with Gasteiger partial charge in [0.15, 0.2) is 0 Å². The summed E-state index contributed by atoms with van der Waals surface area (Å²) in [5, 5.41) is 0. The maximum Gasteiger partial charge on any atom is 0.223 e. The summed E-state index contributed by atoms with van der Waals surface area (Å²) in [5.41, 5.74) is 3.74. The average molecular weight is 325 g/mol. The Bertz CT molecular complexity index is 650. The number of carbonyl (C=O) groups excluding carboxylic acids is 1. The molecule has 120 valence electrons. The molecule has 1 atom stereocenters. The van der Waals surface area contributed by atoms with Crippen LogP contribution in [-0.2, 0) is 4.79 Å². The van der Waals surface area contributed by atoms with Gasteiger partial charge < -0.3 is 4.90 Å². The summed E-state index contributed by atoms with van der Waals surface area (Å²) in [4.78, 5) is 14.8. The van der Waals surface area contributed by atoms with E-state index in [1.807, 2.05) is 22.7 Å². The molecule has 1 aliphatic heterocycles. The summed E-state index contributed by atoms with van der Waals surface area (Å²) in [6.45, 7) is 3.91. The molecule has 0 N–H and O–H groups in total. The van der Waals surface area contributed by atoms with E-state index in [-0.39, 0.29) is 11.8 Å². The van der Waals surface area contributed by atoms with Gasteiger partial charge in [-0.25, -0.2) is 0 Å². The second-order valence-electron chi connectivity index (χ2n) is 6.02. The lowest BCUT2D eigenvalue weighted by Gasteiger charge is -2.29. The SMILES string of the molecule is Cc1ccccc1C(CC(=O)N1CCSCC1)c1ccccc1. The van der Waals surface area contributed by atoms with Crippen LogP contribution in [0.3, 0.4) is 0 Å². The Morgan fingerprint density at radius 2 is 1.70 bits per heavy atom. The Morgan fingerprint density at radius 1 is 1.04 bits per heavy atom. The number of aryl methyl sites for hydroxylation is 1. The van der Waals surface area contributed by atoms with Crippen LogP contribution in [0.2, 0.25) is 0 Å². The minimum atomic E-state index is 0.138. The van der Waals surface area contributed by atoms with Crippen LogP contribution >= 0.6 is 11.8 Å². The number of hydrogen-bond acceptors (Lipinski definition) is 2. The van der Waals surface area contributed by atoms with Gasteiger partial charge in [-0.15, -0.1) is 0 Å². The minimum Gasteiger partial charge on any atom is -0.341 e. The molecule has 3 rings (SSSR count). The molecular weight excluding hydrogens is 302 g/mol. The molecule has 1 amide bonds. The predicted octanol–water partition coefficient (Wildman–Crippen LogP) is 4.09. The lowest BCUT2D eigenvalue weighted by molar-refractivity contribution is -0.131. The third kappa shape index (κ3) is 3.97. The van der Waals surface area contributed by atoms with Crippen molar-refractivity contribution in [2.75, 3.05) is 24.6 Å². The largest absolute Gasteiger partial charge is 0.341 e. The molecule has 23 heavy (non-hydrogen) atoms. The van der Waals surface area contributed by atoms with Gasteiger partial charge in [0.1, 0.15) is 0 Å². The van der Waals surface area contributed by atoms with Crippen LogP contribution in [0, 0.1) is 6.92 Å². The number of benzene rings is 2. The van der Waals surface area contributed by atoms with Gasteiger partial charge in [-0.1, -0.05) is 54.6 Å². The summed E-state index contributed by atoms with van der Waals surface area (Å²) in [7, 11) is 0. The third-order valence-corrected chi connectivity index (χ3v) is 5.45. The Balaban J connectivity index is 1.87. The predicted molar refractivity (Wildman–Crippen MR) is 98.0 cm³/mol. The van der Waals surface area contributed by atoms with Gasteiger partial charge in [-0.3, -0.25) is 4.79 Å². The van der Waals surface area contributed by atoms with Crippen molar-refractivity contribution in [3.63, 3.8) is 0 Å². The Hall–Kier alpha value is -1.74. The van der Waals surface area contributed by atoms with Gasteiger partial charge in [0.25, 0.3) is 0 Å². The number of rotatable bonds is 4. The van der Waals surface area contributed by atoms with Gasteiger partial charge in [0.05, 0.1) is 0 Å². The fourth-order valence-corrected chi connectivity index (χ4v) is 4.09. The van der Waals surface area contributed by atoms with Crippen LogP contribution < -0.4 is 0 Å². The smallest absolute Gasteiger partial charge is 0.223 e. The van der Waals surface area contributed by atoms with Crippen molar-refractivity contribution < 1.29 is 4.79 Å². The fourth-order valence-electron chi connectivity index (χ4n) is 3.19. The highest BCUT2D eigenvalue weighted by molar-refractivity contribution is 7.99. The fraction of sp³-hybridized carbons (Fsp3) is 0.350. The summed E-state index contributed by atoms with van der Waals surface area (Å²) >= 11 is 1.94.